The predicted octanol–water partition coefficient (Wildman–Crippen LogP) is 3.56. The second-order valence-corrected chi connectivity index (χ2v) is 6.13. The van der Waals surface area contributed by atoms with Gasteiger partial charge in [-0.3, -0.25) is 0 Å². The Balaban J connectivity index is 1.94. The third-order valence-corrected chi connectivity index (χ3v) is 4.69. The fourth-order valence-corrected chi connectivity index (χ4v) is 3.58. The van der Waals surface area contributed by atoms with Crippen molar-refractivity contribution in [3.8, 4) is 0 Å². The summed E-state index contributed by atoms with van der Waals surface area (Å²) < 4.78 is 13.4. The summed E-state index contributed by atoms with van der Waals surface area (Å²) in [6, 6.07) is 10.7. The van der Waals surface area contributed by atoms with Crippen LogP contribution >= 0.6 is 11.8 Å². The third-order valence-electron chi connectivity index (χ3n) is 3.62. The van der Waals surface area contributed by atoms with Crippen molar-refractivity contribution < 1.29 is 9.60 Å². The molecule has 0 fully saturated rings. The molecule has 0 spiro atoms. The highest BCUT2D eigenvalue weighted by Gasteiger charge is 2.14. The first kappa shape index (κ1) is 13.9. The summed E-state index contributed by atoms with van der Waals surface area (Å²) in [5, 5.41) is 11.8. The first-order valence-electron chi connectivity index (χ1n) is 6.74. The lowest BCUT2D eigenvalue weighted by atomic mass is 10.1. The highest BCUT2D eigenvalue weighted by Crippen LogP contribution is 2.34. The molecule has 108 valence electrons. The lowest BCUT2D eigenvalue weighted by molar-refractivity contribution is 0.318. The van der Waals surface area contributed by atoms with E-state index in [4.69, 9.17) is 10.9 Å². The van der Waals surface area contributed by atoms with Gasteiger partial charge in [-0.15, -0.1) is 0 Å². The SMILES string of the molecule is NC(=NO)c1cc(F)ccc1Sc1ccc2c(c1)CCC2. The second kappa shape index (κ2) is 5.77. The minimum absolute atomic E-state index is 0.0850. The number of aryl methyl sites for hydroxylation is 2. The van der Waals surface area contributed by atoms with Gasteiger partial charge in [-0.05, 0) is 60.7 Å². The summed E-state index contributed by atoms with van der Waals surface area (Å²) in [5.41, 5.74) is 8.83. The summed E-state index contributed by atoms with van der Waals surface area (Å²) in [4.78, 5) is 1.85. The minimum Gasteiger partial charge on any atom is -0.409 e. The Hall–Kier alpha value is -2.01. The number of amidine groups is 1. The zero-order valence-corrected chi connectivity index (χ0v) is 12.2. The predicted molar refractivity (Wildman–Crippen MR) is 81.5 cm³/mol. The number of nitrogens with two attached hydrogens (primary N) is 1. The number of halogens is 1. The largest absolute Gasteiger partial charge is 0.409 e. The molecule has 5 heteroatoms. The fraction of sp³-hybridized carbons (Fsp3) is 0.188. The van der Waals surface area contributed by atoms with E-state index >= 15 is 0 Å². The second-order valence-electron chi connectivity index (χ2n) is 5.01. The third kappa shape index (κ3) is 2.88. The molecule has 3 nitrogen and oxygen atoms in total. The molecule has 0 unspecified atom stereocenters. The number of fused-ring (bicyclic) bond motifs is 1. The molecule has 2 aromatic carbocycles. The summed E-state index contributed by atoms with van der Waals surface area (Å²) in [6.45, 7) is 0. The molecule has 1 aliphatic rings. The van der Waals surface area contributed by atoms with Gasteiger partial charge in [-0.25, -0.2) is 4.39 Å². The van der Waals surface area contributed by atoms with E-state index in [1.54, 1.807) is 6.07 Å². The molecular formula is C16H15FN2OS. The molecule has 0 bridgehead atoms. The van der Waals surface area contributed by atoms with Gasteiger partial charge in [0.25, 0.3) is 0 Å². The standard InChI is InChI=1S/C16H15FN2OS/c17-12-5-7-15(14(9-12)16(18)19-20)21-13-6-4-10-2-1-3-11(10)8-13/h4-9,20H,1-3H2,(H2,18,19). The zero-order valence-electron chi connectivity index (χ0n) is 11.3. The van der Waals surface area contributed by atoms with Crippen molar-refractivity contribution in [1.29, 1.82) is 0 Å². The van der Waals surface area contributed by atoms with E-state index < -0.39 is 5.82 Å². The number of oxime groups is 1. The Morgan fingerprint density at radius 1 is 1.14 bits per heavy atom. The van der Waals surface area contributed by atoms with Crippen LogP contribution in [-0.4, -0.2) is 11.0 Å². The number of hydrogen-bond acceptors (Lipinski definition) is 3. The van der Waals surface area contributed by atoms with Crippen LogP contribution in [0.3, 0.4) is 0 Å². The van der Waals surface area contributed by atoms with Gasteiger partial charge in [0.15, 0.2) is 5.84 Å². The molecule has 3 rings (SSSR count). The Labute approximate surface area is 126 Å². The van der Waals surface area contributed by atoms with Crippen LogP contribution in [-0.2, 0) is 12.8 Å². The summed E-state index contributed by atoms with van der Waals surface area (Å²) in [6.07, 6.45) is 3.46. The Bertz CT molecular complexity index is 715. The number of nitrogens with zero attached hydrogens (tertiary/aromatic N) is 1. The molecule has 0 saturated carbocycles. The first-order chi connectivity index (χ1) is 10.2. The van der Waals surface area contributed by atoms with Crippen LogP contribution in [0.4, 0.5) is 4.39 Å². The van der Waals surface area contributed by atoms with Gasteiger partial charge in [0.1, 0.15) is 5.82 Å². The van der Waals surface area contributed by atoms with E-state index in [0.29, 0.717) is 5.56 Å². The number of benzene rings is 2. The van der Waals surface area contributed by atoms with Crippen molar-refractivity contribution in [2.24, 2.45) is 10.9 Å². The Morgan fingerprint density at radius 2 is 1.95 bits per heavy atom. The Kier molecular flexibility index (Phi) is 3.84. The van der Waals surface area contributed by atoms with Gasteiger partial charge in [-0.2, -0.15) is 0 Å². The Morgan fingerprint density at radius 3 is 2.76 bits per heavy atom. The highest BCUT2D eigenvalue weighted by molar-refractivity contribution is 7.99. The van der Waals surface area contributed by atoms with Gasteiger partial charge in [-0.1, -0.05) is 23.0 Å². The smallest absolute Gasteiger partial charge is 0.171 e. The van der Waals surface area contributed by atoms with E-state index in [1.807, 2.05) is 0 Å². The molecule has 2 aromatic rings. The van der Waals surface area contributed by atoms with Crippen molar-refractivity contribution in [3.63, 3.8) is 0 Å². The van der Waals surface area contributed by atoms with Gasteiger partial charge >= 0.3 is 0 Å². The fourth-order valence-electron chi connectivity index (χ4n) is 2.58. The van der Waals surface area contributed by atoms with E-state index in [0.717, 1.165) is 22.6 Å². The van der Waals surface area contributed by atoms with Crippen molar-refractivity contribution in [1.82, 2.24) is 0 Å². The van der Waals surface area contributed by atoms with E-state index in [9.17, 15) is 4.39 Å². The maximum absolute atomic E-state index is 13.4. The van der Waals surface area contributed by atoms with Crippen LogP contribution in [0.2, 0.25) is 0 Å². The maximum atomic E-state index is 13.4. The highest BCUT2D eigenvalue weighted by atomic mass is 32.2. The molecule has 0 amide bonds. The average Bonchev–Trinajstić information content (AvgIpc) is 2.96. The van der Waals surface area contributed by atoms with Crippen molar-refractivity contribution >= 4 is 17.6 Å². The molecule has 0 heterocycles. The van der Waals surface area contributed by atoms with Crippen LogP contribution in [0.25, 0.3) is 0 Å². The van der Waals surface area contributed by atoms with Crippen LogP contribution in [0.5, 0.6) is 0 Å². The lowest BCUT2D eigenvalue weighted by Crippen LogP contribution is -2.14. The average molecular weight is 302 g/mol. The topological polar surface area (TPSA) is 58.6 Å². The monoisotopic (exact) mass is 302 g/mol. The first-order valence-corrected chi connectivity index (χ1v) is 7.56. The molecule has 0 aliphatic heterocycles. The van der Waals surface area contributed by atoms with Crippen molar-refractivity contribution in [3.05, 3.63) is 58.9 Å². The van der Waals surface area contributed by atoms with E-state index in [1.165, 1.54) is 41.4 Å². The van der Waals surface area contributed by atoms with Gasteiger partial charge in [0.05, 0.1) is 0 Å². The lowest BCUT2D eigenvalue weighted by Gasteiger charge is -2.09. The van der Waals surface area contributed by atoms with Crippen LogP contribution in [0, 0.1) is 5.82 Å². The molecule has 0 radical (unpaired) electrons. The molecule has 0 saturated heterocycles. The molecule has 0 atom stereocenters. The zero-order chi connectivity index (χ0) is 14.8. The van der Waals surface area contributed by atoms with E-state index in [-0.39, 0.29) is 5.84 Å². The summed E-state index contributed by atoms with van der Waals surface area (Å²) >= 11 is 1.49. The maximum Gasteiger partial charge on any atom is 0.171 e. The molecule has 21 heavy (non-hydrogen) atoms. The quantitative estimate of drug-likeness (QED) is 0.394. The van der Waals surface area contributed by atoms with Gasteiger partial charge in [0, 0.05) is 15.4 Å². The van der Waals surface area contributed by atoms with Crippen LogP contribution < -0.4 is 5.73 Å². The molecular weight excluding hydrogens is 287 g/mol. The van der Waals surface area contributed by atoms with Gasteiger partial charge < -0.3 is 10.9 Å². The molecule has 3 N–H and O–H groups in total. The number of hydrogen-bond donors (Lipinski definition) is 2. The van der Waals surface area contributed by atoms with Crippen LogP contribution in [0.1, 0.15) is 23.1 Å². The van der Waals surface area contributed by atoms with E-state index in [2.05, 4.69) is 23.4 Å². The van der Waals surface area contributed by atoms with Gasteiger partial charge in [0.2, 0.25) is 0 Å². The summed E-state index contributed by atoms with van der Waals surface area (Å²) in [5.74, 6) is -0.493. The van der Waals surface area contributed by atoms with Crippen LogP contribution in [0.15, 0.2) is 51.3 Å². The van der Waals surface area contributed by atoms with Crippen molar-refractivity contribution in [2.75, 3.05) is 0 Å². The molecule has 0 aromatic heterocycles. The number of rotatable bonds is 3. The molecule has 1 aliphatic carbocycles. The minimum atomic E-state index is -0.407. The summed E-state index contributed by atoms with van der Waals surface area (Å²) in [7, 11) is 0. The van der Waals surface area contributed by atoms with Crippen molar-refractivity contribution in [2.45, 2.75) is 29.1 Å². The normalized spacial score (nSPS) is 14.2.